The highest BCUT2D eigenvalue weighted by molar-refractivity contribution is 6.35. The Morgan fingerprint density at radius 2 is 2.09 bits per heavy atom. The molecule has 33 heavy (non-hydrogen) atoms. The predicted octanol–water partition coefficient (Wildman–Crippen LogP) is 5.70. The molecule has 0 radical (unpaired) electrons. The SMILES string of the molecule is Cl.NC(=O)c1ccc(F)c2c1C=C(N(CCCc1c[nH]c3c(Cl)cccc13)C1CCC1)CO2. The second-order valence-corrected chi connectivity index (χ2v) is 8.89. The molecule has 0 saturated heterocycles. The molecule has 1 amide bonds. The van der Waals surface area contributed by atoms with Gasteiger partial charge in [0.2, 0.25) is 5.91 Å². The van der Waals surface area contributed by atoms with Crippen LogP contribution in [0, 0.1) is 5.82 Å². The molecule has 2 heterocycles. The molecule has 1 aliphatic carbocycles. The van der Waals surface area contributed by atoms with Crippen molar-refractivity contribution < 1.29 is 13.9 Å². The summed E-state index contributed by atoms with van der Waals surface area (Å²) in [5, 5.41) is 1.88. The molecule has 3 aromatic rings. The van der Waals surface area contributed by atoms with Crippen LogP contribution in [-0.2, 0) is 6.42 Å². The summed E-state index contributed by atoms with van der Waals surface area (Å²) < 4.78 is 20.0. The van der Waals surface area contributed by atoms with E-state index in [-0.39, 0.29) is 30.3 Å². The van der Waals surface area contributed by atoms with Crippen LogP contribution in [0.25, 0.3) is 17.0 Å². The number of nitrogens with two attached hydrogens (primary N) is 1. The number of aromatic nitrogens is 1. The molecule has 5 nitrogen and oxygen atoms in total. The molecule has 0 bridgehead atoms. The van der Waals surface area contributed by atoms with Crippen LogP contribution in [0.5, 0.6) is 5.75 Å². The zero-order valence-corrected chi connectivity index (χ0v) is 19.6. The Morgan fingerprint density at radius 1 is 1.27 bits per heavy atom. The number of carbonyl (C=O) groups is 1. The fourth-order valence-electron chi connectivity index (χ4n) is 4.68. The van der Waals surface area contributed by atoms with Crippen molar-refractivity contribution in [3.05, 3.63) is 69.8 Å². The maximum Gasteiger partial charge on any atom is 0.249 e. The summed E-state index contributed by atoms with van der Waals surface area (Å²) in [6.45, 7) is 1.13. The van der Waals surface area contributed by atoms with Crippen LogP contribution in [0.15, 0.2) is 42.2 Å². The van der Waals surface area contributed by atoms with Crippen molar-refractivity contribution in [2.75, 3.05) is 13.2 Å². The van der Waals surface area contributed by atoms with Crippen molar-refractivity contribution in [2.45, 2.75) is 38.1 Å². The third-order valence-electron chi connectivity index (χ3n) is 6.57. The summed E-state index contributed by atoms with van der Waals surface area (Å²) in [7, 11) is 0. The van der Waals surface area contributed by atoms with Gasteiger partial charge in [0.15, 0.2) is 11.6 Å². The van der Waals surface area contributed by atoms with Crippen LogP contribution in [0.3, 0.4) is 0 Å². The Bertz CT molecular complexity index is 1220. The van der Waals surface area contributed by atoms with Crippen LogP contribution < -0.4 is 10.5 Å². The van der Waals surface area contributed by atoms with E-state index in [1.54, 1.807) is 0 Å². The number of amides is 1. The number of hydrogen-bond donors (Lipinski definition) is 2. The van der Waals surface area contributed by atoms with Gasteiger partial charge in [-0.2, -0.15) is 0 Å². The van der Waals surface area contributed by atoms with Crippen molar-refractivity contribution in [2.24, 2.45) is 5.73 Å². The third-order valence-corrected chi connectivity index (χ3v) is 6.88. The average molecular weight is 490 g/mol. The number of halogens is 3. The quantitative estimate of drug-likeness (QED) is 0.446. The number of aromatic amines is 1. The molecule has 2 aliphatic rings. The van der Waals surface area contributed by atoms with Gasteiger partial charge in [-0.15, -0.1) is 12.4 Å². The number of nitrogens with zero attached hydrogens (tertiary/aromatic N) is 1. The number of rotatable bonds is 7. The highest BCUT2D eigenvalue weighted by Gasteiger charge is 2.30. The zero-order chi connectivity index (χ0) is 22.2. The van der Waals surface area contributed by atoms with E-state index >= 15 is 0 Å². The van der Waals surface area contributed by atoms with Gasteiger partial charge in [-0.1, -0.05) is 23.7 Å². The molecule has 1 saturated carbocycles. The van der Waals surface area contributed by atoms with Crippen molar-refractivity contribution in [1.82, 2.24) is 9.88 Å². The number of para-hydroxylation sites is 1. The number of H-pyrrole nitrogens is 1. The van der Waals surface area contributed by atoms with Crippen molar-refractivity contribution >= 4 is 46.9 Å². The normalized spacial score (nSPS) is 15.2. The number of nitrogens with one attached hydrogen (secondary N) is 1. The lowest BCUT2D eigenvalue weighted by atomic mass is 9.90. The number of primary amides is 1. The molecule has 1 aromatic heterocycles. The summed E-state index contributed by atoms with van der Waals surface area (Å²) in [5.41, 5.74) is 9.43. The predicted molar refractivity (Wildman–Crippen MR) is 132 cm³/mol. The van der Waals surface area contributed by atoms with E-state index in [0.29, 0.717) is 11.6 Å². The lowest BCUT2D eigenvalue weighted by Crippen LogP contribution is -2.42. The molecule has 1 fully saturated rings. The van der Waals surface area contributed by atoms with E-state index in [0.717, 1.165) is 53.9 Å². The molecule has 0 atom stereocenters. The first kappa shape index (κ1) is 23.5. The van der Waals surface area contributed by atoms with E-state index in [1.165, 1.54) is 24.1 Å². The molecule has 2 aromatic carbocycles. The molecule has 3 N–H and O–H groups in total. The Labute approximate surface area is 203 Å². The molecule has 0 spiro atoms. The minimum absolute atomic E-state index is 0. The number of carbonyl (C=O) groups excluding carboxylic acids is 1. The van der Waals surface area contributed by atoms with Crippen LogP contribution in [-0.4, -0.2) is 35.0 Å². The van der Waals surface area contributed by atoms with Crippen LogP contribution in [0.1, 0.15) is 47.2 Å². The highest BCUT2D eigenvalue weighted by Crippen LogP contribution is 2.36. The van der Waals surface area contributed by atoms with Gasteiger partial charge in [0.25, 0.3) is 0 Å². The summed E-state index contributed by atoms with van der Waals surface area (Å²) >= 11 is 6.29. The summed E-state index contributed by atoms with van der Waals surface area (Å²) in [4.78, 5) is 17.5. The van der Waals surface area contributed by atoms with Crippen LogP contribution in [0.2, 0.25) is 5.02 Å². The first-order valence-electron chi connectivity index (χ1n) is 11.0. The smallest absolute Gasteiger partial charge is 0.249 e. The summed E-state index contributed by atoms with van der Waals surface area (Å²) in [6, 6.07) is 9.04. The Balaban J connectivity index is 0.00000259. The molecular weight excluding hydrogens is 464 g/mol. The number of aryl methyl sites for hydroxylation is 1. The summed E-state index contributed by atoms with van der Waals surface area (Å²) in [5.74, 6) is -0.960. The van der Waals surface area contributed by atoms with E-state index in [1.807, 2.05) is 24.4 Å². The number of fused-ring (bicyclic) bond motifs is 2. The van der Waals surface area contributed by atoms with Crippen molar-refractivity contribution in [3.8, 4) is 5.75 Å². The van der Waals surface area contributed by atoms with Crippen LogP contribution >= 0.6 is 24.0 Å². The van der Waals surface area contributed by atoms with Gasteiger partial charge < -0.3 is 20.4 Å². The topological polar surface area (TPSA) is 71.4 Å². The molecule has 174 valence electrons. The fraction of sp³-hybridized carbons (Fsp3) is 0.320. The maximum absolute atomic E-state index is 14.3. The largest absolute Gasteiger partial charge is 0.484 e. The van der Waals surface area contributed by atoms with Crippen molar-refractivity contribution in [1.29, 1.82) is 0 Å². The van der Waals surface area contributed by atoms with E-state index in [2.05, 4.69) is 16.0 Å². The third kappa shape index (κ3) is 4.42. The maximum atomic E-state index is 14.3. The summed E-state index contributed by atoms with van der Waals surface area (Å²) in [6.07, 6.45) is 9.23. The molecular formula is C25H26Cl2FN3O2. The van der Waals surface area contributed by atoms with Gasteiger partial charge in [0, 0.05) is 29.7 Å². The first-order valence-corrected chi connectivity index (χ1v) is 11.4. The standard InChI is InChI=1S/C25H25ClFN3O2.ClH/c26-21-8-2-7-18-15(13-29-23(18)21)4-3-11-30(16-5-1-6-16)17-12-20-19(25(28)31)9-10-22(27)24(20)32-14-17;/h2,7-10,12-13,16,29H,1,3-6,11,14H2,(H2,28,31);1H. The molecule has 5 rings (SSSR count). The highest BCUT2D eigenvalue weighted by atomic mass is 35.5. The minimum Gasteiger partial charge on any atom is -0.484 e. The van der Waals surface area contributed by atoms with Crippen LogP contribution in [0.4, 0.5) is 4.39 Å². The van der Waals surface area contributed by atoms with Gasteiger partial charge >= 0.3 is 0 Å². The lowest BCUT2D eigenvalue weighted by Gasteiger charge is -2.41. The minimum atomic E-state index is -0.587. The Hall–Kier alpha value is -2.70. The lowest BCUT2D eigenvalue weighted by molar-refractivity contribution is 0.0999. The van der Waals surface area contributed by atoms with Gasteiger partial charge in [-0.25, -0.2) is 4.39 Å². The van der Waals surface area contributed by atoms with Gasteiger partial charge in [0.05, 0.1) is 21.8 Å². The van der Waals surface area contributed by atoms with E-state index in [4.69, 9.17) is 22.1 Å². The second kappa shape index (κ2) is 9.65. The van der Waals surface area contributed by atoms with E-state index in [9.17, 15) is 9.18 Å². The Morgan fingerprint density at radius 3 is 2.82 bits per heavy atom. The van der Waals surface area contributed by atoms with Gasteiger partial charge in [-0.3, -0.25) is 4.79 Å². The second-order valence-electron chi connectivity index (χ2n) is 8.48. The van der Waals surface area contributed by atoms with Gasteiger partial charge in [-0.05, 0) is 61.9 Å². The van der Waals surface area contributed by atoms with E-state index < -0.39 is 11.7 Å². The number of ether oxygens (including phenoxy) is 1. The van der Waals surface area contributed by atoms with Gasteiger partial charge in [0.1, 0.15) is 6.61 Å². The number of hydrogen-bond acceptors (Lipinski definition) is 3. The average Bonchev–Trinajstić information content (AvgIpc) is 3.16. The molecule has 1 aliphatic heterocycles. The molecule has 0 unspecified atom stereocenters. The Kier molecular flexibility index (Phi) is 6.86. The monoisotopic (exact) mass is 489 g/mol. The first-order chi connectivity index (χ1) is 15.5. The fourth-order valence-corrected chi connectivity index (χ4v) is 4.91. The number of benzene rings is 2. The zero-order valence-electron chi connectivity index (χ0n) is 18.1. The van der Waals surface area contributed by atoms with Crippen molar-refractivity contribution in [3.63, 3.8) is 0 Å². The molecule has 8 heteroatoms.